The Hall–Kier alpha value is -1.71. The first-order chi connectivity index (χ1) is 10.2. The van der Waals surface area contributed by atoms with Gasteiger partial charge in [0.25, 0.3) is 0 Å². The zero-order valence-electron chi connectivity index (χ0n) is 13.5. The smallest absolute Gasteiger partial charge is 0.191 e. The van der Waals surface area contributed by atoms with Gasteiger partial charge in [0.2, 0.25) is 0 Å². The summed E-state index contributed by atoms with van der Waals surface area (Å²) >= 11 is 0. The molecule has 0 aliphatic heterocycles. The minimum atomic E-state index is 0.582. The summed E-state index contributed by atoms with van der Waals surface area (Å²) in [4.78, 5) is 6.46. The summed E-state index contributed by atoms with van der Waals surface area (Å²) in [5, 5.41) is 6.96. The number of aliphatic imine (C=N–C) groups is 1. The maximum absolute atomic E-state index is 4.34. The van der Waals surface area contributed by atoms with Crippen molar-refractivity contribution in [3.63, 3.8) is 0 Å². The van der Waals surface area contributed by atoms with Crippen LogP contribution >= 0.6 is 0 Å². The van der Waals surface area contributed by atoms with Crippen LogP contribution in [-0.2, 0) is 6.54 Å². The van der Waals surface area contributed by atoms with Crippen molar-refractivity contribution in [2.75, 3.05) is 26.0 Å². The first-order valence-corrected chi connectivity index (χ1v) is 7.92. The normalized spacial score (nSPS) is 16.6. The molecule has 1 saturated carbocycles. The zero-order valence-corrected chi connectivity index (χ0v) is 13.5. The third-order valence-corrected chi connectivity index (χ3v) is 4.06. The molecule has 2 rings (SSSR count). The summed E-state index contributed by atoms with van der Waals surface area (Å²) in [6.45, 7) is 0.800. The number of nitrogens with one attached hydrogen (secondary N) is 2. The number of anilines is 1. The molecule has 21 heavy (non-hydrogen) atoms. The van der Waals surface area contributed by atoms with Gasteiger partial charge in [-0.1, -0.05) is 31.4 Å². The molecule has 4 heteroatoms. The standard InChI is InChI=1S/C17H28N4/c1-18-17(20-15-9-5-4-6-10-15)19-13-14-8-7-11-16(12-14)21(2)3/h7-8,11-12,15H,4-6,9-10,13H2,1-3H3,(H2,18,19,20). The molecule has 1 aliphatic rings. The van der Waals surface area contributed by atoms with Crippen molar-refractivity contribution in [2.24, 2.45) is 4.99 Å². The first-order valence-electron chi connectivity index (χ1n) is 7.92. The molecule has 1 aromatic rings. The Morgan fingerprint density at radius 3 is 2.67 bits per heavy atom. The van der Waals surface area contributed by atoms with Gasteiger partial charge in [0, 0.05) is 39.4 Å². The van der Waals surface area contributed by atoms with Crippen LogP contribution in [0, 0.1) is 0 Å². The third-order valence-electron chi connectivity index (χ3n) is 4.06. The van der Waals surface area contributed by atoms with Crippen molar-refractivity contribution in [1.82, 2.24) is 10.6 Å². The summed E-state index contributed by atoms with van der Waals surface area (Å²) in [5.74, 6) is 0.914. The monoisotopic (exact) mass is 288 g/mol. The average molecular weight is 288 g/mol. The van der Waals surface area contributed by atoms with Gasteiger partial charge in [0.1, 0.15) is 0 Å². The lowest BCUT2D eigenvalue weighted by Crippen LogP contribution is -2.43. The molecule has 0 aromatic heterocycles. The molecule has 0 atom stereocenters. The van der Waals surface area contributed by atoms with Crippen LogP contribution in [0.4, 0.5) is 5.69 Å². The molecule has 1 fully saturated rings. The second-order valence-electron chi connectivity index (χ2n) is 5.97. The molecule has 0 bridgehead atoms. The summed E-state index contributed by atoms with van der Waals surface area (Å²) in [6.07, 6.45) is 6.56. The van der Waals surface area contributed by atoms with Crippen molar-refractivity contribution in [3.05, 3.63) is 29.8 Å². The van der Waals surface area contributed by atoms with Crippen molar-refractivity contribution >= 4 is 11.6 Å². The largest absolute Gasteiger partial charge is 0.378 e. The third kappa shape index (κ3) is 4.96. The van der Waals surface area contributed by atoms with Gasteiger partial charge < -0.3 is 15.5 Å². The molecule has 0 unspecified atom stereocenters. The van der Waals surface area contributed by atoms with Crippen LogP contribution in [0.5, 0.6) is 0 Å². The summed E-state index contributed by atoms with van der Waals surface area (Å²) in [6, 6.07) is 9.16. The Morgan fingerprint density at radius 1 is 1.24 bits per heavy atom. The van der Waals surface area contributed by atoms with Gasteiger partial charge in [-0.3, -0.25) is 4.99 Å². The van der Waals surface area contributed by atoms with E-state index in [1.165, 1.54) is 43.4 Å². The lowest BCUT2D eigenvalue weighted by molar-refractivity contribution is 0.410. The molecule has 4 nitrogen and oxygen atoms in total. The highest BCUT2D eigenvalue weighted by molar-refractivity contribution is 5.80. The second-order valence-corrected chi connectivity index (χ2v) is 5.97. The Bertz CT molecular complexity index is 462. The molecular weight excluding hydrogens is 260 g/mol. The zero-order chi connectivity index (χ0) is 15.1. The van der Waals surface area contributed by atoms with E-state index in [9.17, 15) is 0 Å². The van der Waals surface area contributed by atoms with E-state index in [0.29, 0.717) is 6.04 Å². The fraction of sp³-hybridized carbons (Fsp3) is 0.588. The van der Waals surface area contributed by atoms with Gasteiger partial charge in [-0.05, 0) is 30.5 Å². The van der Waals surface area contributed by atoms with Gasteiger partial charge in [0.15, 0.2) is 5.96 Å². The molecule has 1 aliphatic carbocycles. The van der Waals surface area contributed by atoms with E-state index in [1.807, 2.05) is 7.05 Å². The predicted octanol–water partition coefficient (Wildman–Crippen LogP) is 2.75. The van der Waals surface area contributed by atoms with E-state index in [0.717, 1.165) is 12.5 Å². The van der Waals surface area contributed by atoms with Gasteiger partial charge in [0.05, 0.1) is 0 Å². The number of rotatable bonds is 4. The van der Waals surface area contributed by atoms with Crippen molar-refractivity contribution in [1.29, 1.82) is 0 Å². The minimum Gasteiger partial charge on any atom is -0.378 e. The van der Waals surface area contributed by atoms with Gasteiger partial charge >= 0.3 is 0 Å². The Labute approximate surface area is 128 Å². The lowest BCUT2D eigenvalue weighted by atomic mass is 9.96. The van der Waals surface area contributed by atoms with Crippen LogP contribution < -0.4 is 15.5 Å². The Morgan fingerprint density at radius 2 is 2.00 bits per heavy atom. The maximum Gasteiger partial charge on any atom is 0.191 e. The van der Waals surface area contributed by atoms with E-state index in [1.54, 1.807) is 0 Å². The summed E-state index contributed by atoms with van der Waals surface area (Å²) in [7, 11) is 5.97. The summed E-state index contributed by atoms with van der Waals surface area (Å²) < 4.78 is 0. The topological polar surface area (TPSA) is 39.7 Å². The number of guanidine groups is 1. The fourth-order valence-corrected chi connectivity index (χ4v) is 2.77. The highest BCUT2D eigenvalue weighted by atomic mass is 15.2. The molecule has 1 aromatic carbocycles. The van der Waals surface area contributed by atoms with Crippen molar-refractivity contribution in [3.8, 4) is 0 Å². The highest BCUT2D eigenvalue weighted by Gasteiger charge is 2.14. The van der Waals surface area contributed by atoms with Crippen molar-refractivity contribution < 1.29 is 0 Å². The predicted molar refractivity (Wildman–Crippen MR) is 91.0 cm³/mol. The first kappa shape index (κ1) is 15.7. The van der Waals surface area contributed by atoms with Crippen LogP contribution in [0.1, 0.15) is 37.7 Å². The highest BCUT2D eigenvalue weighted by Crippen LogP contribution is 2.17. The molecule has 2 N–H and O–H groups in total. The maximum atomic E-state index is 4.34. The molecular formula is C17H28N4. The quantitative estimate of drug-likeness (QED) is 0.661. The molecule has 0 saturated heterocycles. The number of benzene rings is 1. The van der Waals surface area contributed by atoms with Crippen LogP contribution in [0.3, 0.4) is 0 Å². The molecule has 0 spiro atoms. The summed E-state index contributed by atoms with van der Waals surface area (Å²) in [5.41, 5.74) is 2.50. The SMILES string of the molecule is CN=C(NCc1cccc(N(C)C)c1)NC1CCCCC1. The van der Waals surface area contributed by atoms with E-state index < -0.39 is 0 Å². The Kier molecular flexibility index (Phi) is 5.90. The van der Waals surface area contributed by atoms with Gasteiger partial charge in [-0.2, -0.15) is 0 Å². The Balaban J connectivity index is 1.86. The van der Waals surface area contributed by atoms with E-state index >= 15 is 0 Å². The minimum absolute atomic E-state index is 0.582. The van der Waals surface area contributed by atoms with Crippen LogP contribution in [0.15, 0.2) is 29.3 Å². The molecule has 0 radical (unpaired) electrons. The van der Waals surface area contributed by atoms with Gasteiger partial charge in [-0.25, -0.2) is 0 Å². The van der Waals surface area contributed by atoms with Gasteiger partial charge in [-0.15, -0.1) is 0 Å². The number of hydrogen-bond acceptors (Lipinski definition) is 2. The van der Waals surface area contributed by atoms with E-state index in [-0.39, 0.29) is 0 Å². The van der Waals surface area contributed by atoms with Crippen LogP contribution in [0.2, 0.25) is 0 Å². The molecule has 0 amide bonds. The van der Waals surface area contributed by atoms with Crippen molar-refractivity contribution in [2.45, 2.75) is 44.7 Å². The van der Waals surface area contributed by atoms with Crippen LogP contribution in [-0.4, -0.2) is 33.1 Å². The average Bonchev–Trinajstić information content (AvgIpc) is 2.52. The van der Waals surface area contributed by atoms with E-state index in [4.69, 9.17) is 0 Å². The lowest BCUT2D eigenvalue weighted by Gasteiger charge is -2.25. The molecule has 0 heterocycles. The molecule has 116 valence electrons. The second kappa shape index (κ2) is 7.91. The number of hydrogen-bond donors (Lipinski definition) is 2. The fourth-order valence-electron chi connectivity index (χ4n) is 2.77. The van der Waals surface area contributed by atoms with Crippen LogP contribution in [0.25, 0.3) is 0 Å². The van der Waals surface area contributed by atoms with E-state index in [2.05, 4.69) is 58.9 Å². The number of nitrogens with zero attached hydrogens (tertiary/aromatic N) is 2.